The van der Waals surface area contributed by atoms with E-state index in [1.807, 2.05) is 31.2 Å². The number of nitro groups is 1. The number of aryl methyl sites for hydroxylation is 1. The van der Waals surface area contributed by atoms with Crippen molar-refractivity contribution in [1.82, 2.24) is 4.90 Å². The minimum atomic E-state index is -0.481. The largest absolute Gasteiger partial charge is 0.488 e. The van der Waals surface area contributed by atoms with Crippen molar-refractivity contribution in [2.75, 3.05) is 6.54 Å². The van der Waals surface area contributed by atoms with Crippen LogP contribution < -0.4 is 4.74 Å². The Morgan fingerprint density at radius 2 is 2.07 bits per heavy atom. The van der Waals surface area contributed by atoms with Crippen LogP contribution >= 0.6 is 24.0 Å². The van der Waals surface area contributed by atoms with E-state index >= 15 is 0 Å². The third-order valence-electron chi connectivity index (χ3n) is 4.32. The number of ether oxygens (including phenoxy) is 1. The van der Waals surface area contributed by atoms with Crippen molar-refractivity contribution in [3.63, 3.8) is 0 Å². The Morgan fingerprint density at radius 1 is 1.31 bits per heavy atom. The highest BCUT2D eigenvalue weighted by atomic mass is 32.2. The Kier molecular flexibility index (Phi) is 6.46. The molecular weight excluding hydrogens is 408 g/mol. The van der Waals surface area contributed by atoms with Gasteiger partial charge in [-0.2, -0.15) is 0 Å². The minimum Gasteiger partial charge on any atom is -0.488 e. The molecule has 0 N–H and O–H groups in total. The first-order valence-electron chi connectivity index (χ1n) is 8.72. The van der Waals surface area contributed by atoms with Gasteiger partial charge in [-0.15, -0.1) is 6.58 Å². The van der Waals surface area contributed by atoms with Crippen LogP contribution in [0.25, 0.3) is 6.08 Å². The smallest absolute Gasteiger partial charge is 0.270 e. The second kappa shape index (κ2) is 9.02. The van der Waals surface area contributed by atoms with Gasteiger partial charge in [0.05, 0.1) is 9.83 Å². The molecule has 1 heterocycles. The van der Waals surface area contributed by atoms with Gasteiger partial charge in [-0.3, -0.25) is 19.8 Å². The molecule has 29 heavy (non-hydrogen) atoms. The van der Waals surface area contributed by atoms with Crippen LogP contribution in [0, 0.1) is 17.0 Å². The maximum atomic E-state index is 12.6. The Morgan fingerprint density at radius 3 is 2.76 bits per heavy atom. The van der Waals surface area contributed by atoms with Crippen molar-refractivity contribution in [2.45, 2.75) is 13.5 Å². The highest BCUT2D eigenvalue weighted by Crippen LogP contribution is 2.35. The summed E-state index contributed by atoms with van der Waals surface area (Å²) in [6, 6.07) is 12.1. The lowest BCUT2D eigenvalue weighted by Gasteiger charge is -2.12. The number of thiocarbonyl (C=S) groups is 1. The Hall–Kier alpha value is -2.97. The topological polar surface area (TPSA) is 72.7 Å². The Labute approximate surface area is 178 Å². The fourth-order valence-electron chi connectivity index (χ4n) is 2.75. The van der Waals surface area contributed by atoms with Gasteiger partial charge in [0.2, 0.25) is 0 Å². The van der Waals surface area contributed by atoms with Crippen LogP contribution in [-0.2, 0) is 11.4 Å². The van der Waals surface area contributed by atoms with Crippen molar-refractivity contribution >= 4 is 46.0 Å². The standard InChI is InChI=1S/C21H18N2O4S2/c1-3-10-22-20(24)19(29-21(22)28)12-16-11-17(23(25)26)8-9-18(16)27-13-15-7-5-4-6-14(15)2/h3-9,11-12H,1,10,13H2,2H3. The molecule has 0 atom stereocenters. The second-order valence-corrected chi connectivity index (χ2v) is 7.95. The molecule has 0 unspecified atom stereocenters. The zero-order valence-corrected chi connectivity index (χ0v) is 17.3. The molecule has 2 aromatic carbocycles. The number of benzene rings is 2. The molecule has 2 aromatic rings. The Balaban J connectivity index is 1.93. The predicted octanol–water partition coefficient (Wildman–Crippen LogP) is 4.87. The normalized spacial score (nSPS) is 15.1. The lowest BCUT2D eigenvalue weighted by molar-refractivity contribution is -0.384. The number of non-ortho nitro benzene ring substituents is 1. The second-order valence-electron chi connectivity index (χ2n) is 6.28. The molecular formula is C21H18N2O4S2. The fourth-order valence-corrected chi connectivity index (χ4v) is 4.01. The van der Waals surface area contributed by atoms with Crippen molar-refractivity contribution in [3.8, 4) is 5.75 Å². The zero-order valence-electron chi connectivity index (χ0n) is 15.7. The van der Waals surface area contributed by atoms with E-state index in [2.05, 4.69) is 6.58 Å². The lowest BCUT2D eigenvalue weighted by Crippen LogP contribution is -2.27. The monoisotopic (exact) mass is 426 g/mol. The molecule has 0 radical (unpaired) electrons. The summed E-state index contributed by atoms with van der Waals surface area (Å²) >= 11 is 6.40. The average Bonchev–Trinajstić information content (AvgIpc) is 2.95. The maximum absolute atomic E-state index is 12.6. The molecule has 148 valence electrons. The van der Waals surface area contributed by atoms with Gasteiger partial charge in [-0.05, 0) is 30.2 Å². The van der Waals surface area contributed by atoms with Crippen molar-refractivity contribution in [3.05, 3.63) is 86.8 Å². The highest BCUT2D eigenvalue weighted by molar-refractivity contribution is 8.26. The molecule has 6 nitrogen and oxygen atoms in total. The molecule has 1 aliphatic heterocycles. The van der Waals surface area contributed by atoms with E-state index in [-0.39, 0.29) is 11.6 Å². The molecule has 1 aliphatic rings. The van der Waals surface area contributed by atoms with Crippen LogP contribution in [0.2, 0.25) is 0 Å². The van der Waals surface area contributed by atoms with Gasteiger partial charge in [0.15, 0.2) is 0 Å². The van der Waals surface area contributed by atoms with Crippen LogP contribution in [0.5, 0.6) is 5.75 Å². The van der Waals surface area contributed by atoms with E-state index in [4.69, 9.17) is 17.0 Å². The summed E-state index contributed by atoms with van der Waals surface area (Å²) in [5.41, 5.74) is 2.46. The predicted molar refractivity (Wildman–Crippen MR) is 119 cm³/mol. The van der Waals surface area contributed by atoms with Gasteiger partial charge in [0, 0.05) is 24.2 Å². The number of nitro benzene ring substituents is 1. The van der Waals surface area contributed by atoms with Gasteiger partial charge in [-0.1, -0.05) is 54.3 Å². The number of hydrogen-bond acceptors (Lipinski definition) is 6. The SMILES string of the molecule is C=CCN1C(=O)C(=Cc2cc([N+](=O)[O-])ccc2OCc2ccccc2C)SC1=S. The van der Waals surface area contributed by atoms with Crippen LogP contribution in [-0.4, -0.2) is 26.6 Å². The summed E-state index contributed by atoms with van der Waals surface area (Å²) in [6.07, 6.45) is 3.18. The summed E-state index contributed by atoms with van der Waals surface area (Å²) in [6.45, 7) is 6.24. The molecule has 3 rings (SSSR count). The molecule has 1 saturated heterocycles. The molecule has 0 saturated carbocycles. The van der Waals surface area contributed by atoms with E-state index in [0.717, 1.165) is 22.9 Å². The number of rotatable bonds is 7. The van der Waals surface area contributed by atoms with Crippen molar-refractivity contribution in [1.29, 1.82) is 0 Å². The summed E-state index contributed by atoms with van der Waals surface area (Å²) in [7, 11) is 0. The Bertz CT molecular complexity index is 1030. The average molecular weight is 427 g/mol. The minimum absolute atomic E-state index is 0.0824. The van der Waals surface area contributed by atoms with Crippen molar-refractivity contribution < 1.29 is 14.5 Å². The number of amides is 1. The first-order chi connectivity index (χ1) is 13.9. The van der Waals surface area contributed by atoms with Gasteiger partial charge < -0.3 is 4.74 Å². The first kappa shape index (κ1) is 20.8. The number of nitrogens with zero attached hydrogens (tertiary/aromatic N) is 2. The summed E-state index contributed by atoms with van der Waals surface area (Å²) in [4.78, 5) is 25.1. The van der Waals surface area contributed by atoms with Crippen LogP contribution in [0.4, 0.5) is 5.69 Å². The fraction of sp³-hybridized carbons (Fsp3) is 0.143. The van der Waals surface area contributed by atoms with Crippen LogP contribution in [0.3, 0.4) is 0 Å². The third kappa shape index (κ3) is 4.72. The van der Waals surface area contributed by atoms with Gasteiger partial charge in [0.25, 0.3) is 11.6 Å². The molecule has 1 fully saturated rings. The summed E-state index contributed by atoms with van der Waals surface area (Å²) < 4.78 is 6.36. The number of thioether (sulfide) groups is 1. The molecule has 0 bridgehead atoms. The summed E-state index contributed by atoms with van der Waals surface area (Å²) in [5, 5.41) is 11.2. The zero-order chi connectivity index (χ0) is 21.0. The summed E-state index contributed by atoms with van der Waals surface area (Å²) in [5.74, 6) is 0.198. The van der Waals surface area contributed by atoms with Crippen molar-refractivity contribution in [2.24, 2.45) is 0 Å². The molecule has 0 aliphatic carbocycles. The molecule has 8 heteroatoms. The number of carbonyl (C=O) groups is 1. The number of hydrogen-bond donors (Lipinski definition) is 0. The molecule has 0 spiro atoms. The lowest BCUT2D eigenvalue weighted by atomic mass is 10.1. The molecule has 0 aromatic heterocycles. The van der Waals surface area contributed by atoms with E-state index < -0.39 is 4.92 Å². The number of carbonyl (C=O) groups excluding carboxylic acids is 1. The first-order valence-corrected chi connectivity index (χ1v) is 9.95. The van der Waals surface area contributed by atoms with Gasteiger partial charge in [-0.25, -0.2) is 0 Å². The van der Waals surface area contributed by atoms with Crippen LogP contribution in [0.1, 0.15) is 16.7 Å². The highest BCUT2D eigenvalue weighted by Gasteiger charge is 2.31. The maximum Gasteiger partial charge on any atom is 0.270 e. The van der Waals surface area contributed by atoms with Gasteiger partial charge in [0.1, 0.15) is 16.7 Å². The van der Waals surface area contributed by atoms with E-state index in [1.54, 1.807) is 18.2 Å². The quantitative estimate of drug-likeness (QED) is 0.207. The van der Waals surface area contributed by atoms with E-state index in [9.17, 15) is 14.9 Å². The molecule has 1 amide bonds. The van der Waals surface area contributed by atoms with Crippen LogP contribution in [0.15, 0.2) is 60.0 Å². The van der Waals surface area contributed by atoms with E-state index in [1.165, 1.54) is 17.0 Å². The van der Waals surface area contributed by atoms with E-state index in [0.29, 0.717) is 33.7 Å². The third-order valence-corrected chi connectivity index (χ3v) is 5.70. The van der Waals surface area contributed by atoms with Gasteiger partial charge >= 0.3 is 0 Å².